The van der Waals surface area contributed by atoms with Gasteiger partial charge >= 0.3 is 5.97 Å². The maximum Gasteiger partial charge on any atom is 0.303 e. The van der Waals surface area contributed by atoms with Gasteiger partial charge in [0.05, 0.1) is 31.0 Å². The molecule has 13 nitrogen and oxygen atoms in total. The van der Waals surface area contributed by atoms with E-state index in [-0.39, 0.29) is 40.8 Å². The number of esters is 1. The first-order chi connectivity index (χ1) is 25.4. The number of aliphatic hydroxyl groups is 7. The zero-order valence-electron chi connectivity index (χ0n) is 33.2. The topological polar surface area (TPSA) is 205 Å². The van der Waals surface area contributed by atoms with Crippen molar-refractivity contribution in [2.24, 2.45) is 46.3 Å². The van der Waals surface area contributed by atoms with Crippen LogP contribution in [0.25, 0.3) is 0 Å². The second-order valence-electron chi connectivity index (χ2n) is 18.6. The third-order valence-electron chi connectivity index (χ3n) is 14.9. The first kappa shape index (κ1) is 42.4. The summed E-state index contributed by atoms with van der Waals surface area (Å²) in [6.45, 7) is 13.6. The van der Waals surface area contributed by atoms with Crippen molar-refractivity contribution in [1.29, 1.82) is 0 Å². The number of carbonyl (C=O) groups excluding carboxylic acids is 1. The summed E-state index contributed by atoms with van der Waals surface area (Å²) in [7, 11) is 0. The molecule has 0 aromatic carbocycles. The van der Waals surface area contributed by atoms with Crippen LogP contribution >= 0.6 is 0 Å². The Labute approximate surface area is 320 Å². The molecule has 0 bridgehead atoms. The Morgan fingerprint density at radius 3 is 2.28 bits per heavy atom. The van der Waals surface area contributed by atoms with E-state index in [1.165, 1.54) is 12.5 Å². The van der Waals surface area contributed by atoms with Crippen molar-refractivity contribution in [2.45, 2.75) is 186 Å². The Morgan fingerprint density at radius 2 is 1.61 bits per heavy atom. The molecule has 5 fully saturated rings. The number of hydrogen-bond acceptors (Lipinski definition) is 13. The van der Waals surface area contributed by atoms with Gasteiger partial charge < -0.3 is 59.4 Å². The maximum atomic E-state index is 11.9. The molecule has 0 aromatic rings. The highest BCUT2D eigenvalue weighted by atomic mass is 16.7. The fraction of sp³-hybridized carbons (Fsp3) is 0.927. The molecule has 0 aromatic heterocycles. The van der Waals surface area contributed by atoms with E-state index in [4.69, 9.17) is 23.7 Å². The molecule has 20 atom stereocenters. The summed E-state index contributed by atoms with van der Waals surface area (Å²) in [5.74, 6) is 0.776. The second kappa shape index (κ2) is 16.6. The average Bonchev–Trinajstić information content (AvgIpc) is 3.42. The van der Waals surface area contributed by atoms with E-state index < -0.39 is 80.1 Å². The highest BCUT2D eigenvalue weighted by Crippen LogP contribution is 2.68. The molecule has 2 saturated heterocycles. The quantitative estimate of drug-likeness (QED) is 0.120. The van der Waals surface area contributed by atoms with Gasteiger partial charge in [-0.05, 0) is 111 Å². The van der Waals surface area contributed by atoms with Gasteiger partial charge in [-0.15, -0.1) is 0 Å². The minimum atomic E-state index is -1.48. The highest BCUT2D eigenvalue weighted by molar-refractivity contribution is 5.66. The molecule has 54 heavy (non-hydrogen) atoms. The van der Waals surface area contributed by atoms with Crippen molar-refractivity contribution in [1.82, 2.24) is 0 Å². The summed E-state index contributed by atoms with van der Waals surface area (Å²) >= 11 is 0. The molecule has 2 heterocycles. The van der Waals surface area contributed by atoms with Gasteiger partial charge in [-0.1, -0.05) is 46.3 Å². The minimum Gasteiger partial charge on any atom is -0.457 e. The van der Waals surface area contributed by atoms with Crippen molar-refractivity contribution >= 4 is 5.97 Å². The minimum absolute atomic E-state index is 0.0309. The molecular weight excluding hydrogens is 700 g/mol. The average molecular weight is 769 g/mol. The Kier molecular flexibility index (Phi) is 13.0. The van der Waals surface area contributed by atoms with E-state index in [0.29, 0.717) is 30.6 Å². The van der Waals surface area contributed by atoms with Gasteiger partial charge in [-0.3, -0.25) is 4.79 Å². The van der Waals surface area contributed by atoms with Crippen LogP contribution in [-0.4, -0.2) is 128 Å². The van der Waals surface area contributed by atoms with E-state index in [0.717, 1.165) is 44.9 Å². The number of allylic oxidation sites excluding steroid dienone is 1. The van der Waals surface area contributed by atoms with Crippen LogP contribution in [0.2, 0.25) is 0 Å². The van der Waals surface area contributed by atoms with E-state index in [1.54, 1.807) is 6.92 Å². The summed E-state index contributed by atoms with van der Waals surface area (Å²) in [6.07, 6.45) is -3.47. The van der Waals surface area contributed by atoms with Crippen LogP contribution in [0.1, 0.15) is 106 Å². The molecule has 13 heteroatoms. The number of ether oxygens (including phenoxy) is 5. The smallest absolute Gasteiger partial charge is 0.303 e. The first-order valence-electron chi connectivity index (χ1n) is 20.6. The Bertz CT molecular complexity index is 1330. The Hall–Kier alpha value is -1.23. The zero-order valence-corrected chi connectivity index (χ0v) is 33.2. The van der Waals surface area contributed by atoms with Crippen molar-refractivity contribution < 1.29 is 64.2 Å². The molecule has 3 saturated carbocycles. The molecule has 6 rings (SSSR count). The molecule has 4 aliphatic carbocycles. The fourth-order valence-electron chi connectivity index (χ4n) is 11.8. The third-order valence-corrected chi connectivity index (χ3v) is 14.9. The SMILES string of the molecule is CC(=O)OC1C(O)C(C)OC(OC2CC3C4CC=C5CC(OC6OC(CO)C(O)C(O)C6O)CCC5(C)C4CCC3(C)C2C(C)C(O)CCC(C)C)C1O. The molecule has 0 radical (unpaired) electrons. The van der Waals surface area contributed by atoms with Gasteiger partial charge in [0.1, 0.15) is 36.6 Å². The van der Waals surface area contributed by atoms with Crippen LogP contribution in [0.5, 0.6) is 0 Å². The first-order valence-corrected chi connectivity index (χ1v) is 20.6. The van der Waals surface area contributed by atoms with Crippen LogP contribution in [0.3, 0.4) is 0 Å². The van der Waals surface area contributed by atoms with Gasteiger partial charge in [0.2, 0.25) is 0 Å². The molecule has 0 amide bonds. The largest absolute Gasteiger partial charge is 0.457 e. The molecule has 20 unspecified atom stereocenters. The van der Waals surface area contributed by atoms with Crippen LogP contribution in [0.15, 0.2) is 11.6 Å². The van der Waals surface area contributed by atoms with Crippen LogP contribution < -0.4 is 0 Å². The normalized spacial score (nSPS) is 49.0. The van der Waals surface area contributed by atoms with Crippen LogP contribution in [0.4, 0.5) is 0 Å². The van der Waals surface area contributed by atoms with E-state index in [2.05, 4.69) is 40.7 Å². The summed E-state index contributed by atoms with van der Waals surface area (Å²) in [5, 5.41) is 74.6. The molecule has 6 aliphatic rings. The Morgan fingerprint density at radius 1 is 0.907 bits per heavy atom. The predicted molar refractivity (Wildman–Crippen MR) is 195 cm³/mol. The fourth-order valence-corrected chi connectivity index (χ4v) is 11.8. The summed E-state index contributed by atoms with van der Waals surface area (Å²) in [4.78, 5) is 11.9. The van der Waals surface area contributed by atoms with E-state index in [9.17, 15) is 40.5 Å². The summed E-state index contributed by atoms with van der Waals surface area (Å²) in [5.41, 5.74) is 1.10. The van der Waals surface area contributed by atoms with Gasteiger partial charge in [0.25, 0.3) is 0 Å². The van der Waals surface area contributed by atoms with Crippen LogP contribution in [-0.2, 0) is 28.5 Å². The lowest BCUT2D eigenvalue weighted by molar-refractivity contribution is -0.313. The van der Waals surface area contributed by atoms with Crippen molar-refractivity contribution in [3.05, 3.63) is 11.6 Å². The van der Waals surface area contributed by atoms with Gasteiger partial charge in [0.15, 0.2) is 18.7 Å². The van der Waals surface area contributed by atoms with Gasteiger partial charge in [-0.2, -0.15) is 0 Å². The molecule has 0 spiro atoms. The third kappa shape index (κ3) is 7.83. The number of fused-ring (bicyclic) bond motifs is 5. The molecular formula is C41H68O13. The second-order valence-corrected chi connectivity index (χ2v) is 18.6. The summed E-state index contributed by atoms with van der Waals surface area (Å²) in [6, 6.07) is 0. The van der Waals surface area contributed by atoms with Crippen LogP contribution in [0, 0.1) is 46.3 Å². The van der Waals surface area contributed by atoms with Crippen molar-refractivity contribution in [3.8, 4) is 0 Å². The lowest BCUT2D eigenvalue weighted by Gasteiger charge is -2.58. The lowest BCUT2D eigenvalue weighted by atomic mass is 9.47. The lowest BCUT2D eigenvalue weighted by Crippen LogP contribution is -2.60. The van der Waals surface area contributed by atoms with E-state index in [1.807, 2.05) is 0 Å². The highest BCUT2D eigenvalue weighted by Gasteiger charge is 2.64. The monoisotopic (exact) mass is 768 g/mol. The van der Waals surface area contributed by atoms with Crippen molar-refractivity contribution in [3.63, 3.8) is 0 Å². The number of carbonyl (C=O) groups is 1. The molecule has 7 N–H and O–H groups in total. The standard InChI is InChI=1S/C41H68O13/c1-19(2)8-11-28(44)20(3)31-29(53-39-36(49)37(51-22(5)43)32(45)21(4)50-39)17-27-25-10-9-23-16-24(12-14-40(23,6)26(25)13-15-41(27,31)7)52-38-35(48)34(47)33(46)30(18-42)54-38/h9,19-21,24-39,42,44-49H,8,10-18H2,1-7H3. The van der Waals surface area contributed by atoms with Gasteiger partial charge in [-0.25, -0.2) is 0 Å². The molecule has 310 valence electrons. The van der Waals surface area contributed by atoms with Gasteiger partial charge in [0, 0.05) is 6.92 Å². The number of hydrogen-bond donors (Lipinski definition) is 7. The predicted octanol–water partition coefficient (Wildman–Crippen LogP) is 2.58. The number of rotatable bonds is 11. The molecule has 2 aliphatic heterocycles. The zero-order chi connectivity index (χ0) is 39.4. The van der Waals surface area contributed by atoms with Crippen molar-refractivity contribution in [2.75, 3.05) is 6.61 Å². The maximum absolute atomic E-state index is 11.9. The Balaban J connectivity index is 1.23. The van der Waals surface area contributed by atoms with E-state index >= 15 is 0 Å². The summed E-state index contributed by atoms with van der Waals surface area (Å²) < 4.78 is 30.1. The number of aliphatic hydroxyl groups excluding tert-OH is 7.